The van der Waals surface area contributed by atoms with E-state index >= 15 is 0 Å². The number of rotatable bonds is 4. The molecule has 0 aliphatic heterocycles. The first-order valence-electron chi connectivity index (χ1n) is 6.55. The lowest BCUT2D eigenvalue weighted by atomic mass is 10.1. The Labute approximate surface area is 117 Å². The highest BCUT2D eigenvalue weighted by molar-refractivity contribution is 5.56. The molecule has 5 heteroatoms. The van der Waals surface area contributed by atoms with Crippen molar-refractivity contribution in [2.24, 2.45) is 0 Å². The van der Waals surface area contributed by atoms with Gasteiger partial charge < -0.3 is 10.4 Å². The lowest BCUT2D eigenvalue weighted by Crippen LogP contribution is -2.19. The first kappa shape index (κ1) is 14.3. The molecule has 0 bridgehead atoms. The van der Waals surface area contributed by atoms with Crippen LogP contribution >= 0.6 is 0 Å². The van der Waals surface area contributed by atoms with Gasteiger partial charge in [0.15, 0.2) is 0 Å². The summed E-state index contributed by atoms with van der Waals surface area (Å²) in [6.45, 7) is 5.75. The van der Waals surface area contributed by atoms with Gasteiger partial charge in [-0.05, 0) is 44.0 Å². The van der Waals surface area contributed by atoms with Gasteiger partial charge in [0.1, 0.15) is 0 Å². The summed E-state index contributed by atoms with van der Waals surface area (Å²) in [5.74, 6) is 0.416. The van der Waals surface area contributed by atoms with Crippen molar-refractivity contribution in [3.63, 3.8) is 0 Å². The van der Waals surface area contributed by atoms with Crippen molar-refractivity contribution in [1.82, 2.24) is 9.97 Å². The normalized spacial score (nSPS) is 10.6. The van der Waals surface area contributed by atoms with Crippen LogP contribution in [0, 0.1) is 20.8 Å². The molecule has 0 saturated heterocycles. The Kier molecular flexibility index (Phi) is 4.20. The maximum atomic E-state index is 11.9. The molecule has 5 nitrogen and oxygen atoms in total. The number of aliphatic hydroxyl groups excluding tert-OH is 1. The summed E-state index contributed by atoms with van der Waals surface area (Å²) in [4.78, 5) is 19.0. The Morgan fingerprint density at radius 2 is 1.85 bits per heavy atom. The second-order valence-corrected chi connectivity index (χ2v) is 4.95. The second kappa shape index (κ2) is 5.88. The van der Waals surface area contributed by atoms with Crippen molar-refractivity contribution in [2.45, 2.75) is 27.2 Å². The standard InChI is InChI=1S/C15H19N3O2/c1-9-6-10(2)8-12(7-9)17-15-16-11(3)13(4-5-19)14(20)18-15/h6-8,19H,4-5H2,1-3H3,(H2,16,17,18,20). The van der Waals surface area contributed by atoms with E-state index in [1.54, 1.807) is 6.92 Å². The Bertz CT molecular complexity index is 657. The van der Waals surface area contributed by atoms with Gasteiger partial charge in [-0.3, -0.25) is 9.78 Å². The fourth-order valence-electron chi connectivity index (χ4n) is 2.26. The lowest BCUT2D eigenvalue weighted by Gasteiger charge is -2.10. The molecule has 0 unspecified atom stereocenters. The Morgan fingerprint density at radius 3 is 2.40 bits per heavy atom. The number of nitrogens with zero attached hydrogens (tertiary/aromatic N) is 1. The zero-order chi connectivity index (χ0) is 14.7. The minimum absolute atomic E-state index is 0.0601. The molecule has 1 aromatic heterocycles. The molecule has 0 atom stereocenters. The van der Waals surface area contributed by atoms with Gasteiger partial charge in [0.2, 0.25) is 5.95 Å². The molecule has 2 aromatic rings. The number of anilines is 2. The van der Waals surface area contributed by atoms with Crippen LogP contribution in [0.5, 0.6) is 0 Å². The summed E-state index contributed by atoms with van der Waals surface area (Å²) < 4.78 is 0. The summed E-state index contributed by atoms with van der Waals surface area (Å²) in [6, 6.07) is 6.06. The molecule has 0 radical (unpaired) electrons. The van der Waals surface area contributed by atoms with Gasteiger partial charge in [-0.2, -0.15) is 0 Å². The van der Waals surface area contributed by atoms with Crippen LogP contribution in [0.4, 0.5) is 11.6 Å². The van der Waals surface area contributed by atoms with Crippen molar-refractivity contribution >= 4 is 11.6 Å². The zero-order valence-corrected chi connectivity index (χ0v) is 11.9. The molecular formula is C15H19N3O2. The minimum atomic E-state index is -0.210. The molecule has 0 spiro atoms. The quantitative estimate of drug-likeness (QED) is 0.796. The molecule has 0 aliphatic rings. The van der Waals surface area contributed by atoms with E-state index in [4.69, 9.17) is 5.11 Å². The monoisotopic (exact) mass is 273 g/mol. The molecule has 0 aliphatic carbocycles. The number of aryl methyl sites for hydroxylation is 3. The van der Waals surface area contributed by atoms with E-state index in [0.717, 1.165) is 16.8 Å². The van der Waals surface area contributed by atoms with Crippen LogP contribution in [0.3, 0.4) is 0 Å². The number of hydrogen-bond acceptors (Lipinski definition) is 4. The van der Waals surface area contributed by atoms with Crippen LogP contribution in [0.2, 0.25) is 0 Å². The van der Waals surface area contributed by atoms with Crippen molar-refractivity contribution < 1.29 is 5.11 Å². The van der Waals surface area contributed by atoms with E-state index in [1.807, 2.05) is 26.0 Å². The Balaban J connectivity index is 2.32. The molecule has 106 valence electrons. The molecule has 20 heavy (non-hydrogen) atoms. The van der Waals surface area contributed by atoms with E-state index in [9.17, 15) is 4.79 Å². The SMILES string of the molecule is Cc1cc(C)cc(Nc2nc(C)c(CCO)c(=O)[nH]2)c1. The van der Waals surface area contributed by atoms with Gasteiger partial charge in [-0.1, -0.05) is 6.07 Å². The number of hydrogen-bond donors (Lipinski definition) is 3. The van der Waals surface area contributed by atoms with Crippen molar-refractivity contribution in [2.75, 3.05) is 11.9 Å². The zero-order valence-electron chi connectivity index (χ0n) is 11.9. The van der Waals surface area contributed by atoms with Gasteiger partial charge in [-0.25, -0.2) is 4.98 Å². The highest BCUT2D eigenvalue weighted by atomic mass is 16.3. The van der Waals surface area contributed by atoms with Gasteiger partial charge in [0, 0.05) is 24.3 Å². The molecule has 0 amide bonds. The van der Waals surface area contributed by atoms with Gasteiger partial charge >= 0.3 is 0 Å². The maximum absolute atomic E-state index is 11.9. The van der Waals surface area contributed by atoms with E-state index in [1.165, 1.54) is 0 Å². The largest absolute Gasteiger partial charge is 0.396 e. The number of H-pyrrole nitrogens is 1. The topological polar surface area (TPSA) is 78.0 Å². The average molecular weight is 273 g/mol. The van der Waals surface area contributed by atoms with E-state index in [0.29, 0.717) is 23.6 Å². The fourth-order valence-corrected chi connectivity index (χ4v) is 2.26. The van der Waals surface area contributed by atoms with Crippen LogP contribution < -0.4 is 10.9 Å². The van der Waals surface area contributed by atoms with Crippen molar-refractivity contribution in [1.29, 1.82) is 0 Å². The summed E-state index contributed by atoms with van der Waals surface area (Å²) in [7, 11) is 0. The Morgan fingerprint density at radius 1 is 1.20 bits per heavy atom. The van der Waals surface area contributed by atoms with E-state index in [2.05, 4.69) is 21.4 Å². The molecule has 3 N–H and O–H groups in total. The van der Waals surface area contributed by atoms with Crippen LogP contribution in [0.15, 0.2) is 23.0 Å². The number of aliphatic hydroxyl groups is 1. The molecular weight excluding hydrogens is 254 g/mol. The third kappa shape index (κ3) is 3.24. The maximum Gasteiger partial charge on any atom is 0.255 e. The van der Waals surface area contributed by atoms with Gasteiger partial charge in [0.05, 0.1) is 5.69 Å². The predicted molar refractivity (Wildman–Crippen MR) is 79.6 cm³/mol. The summed E-state index contributed by atoms with van der Waals surface area (Å²) >= 11 is 0. The highest BCUT2D eigenvalue weighted by Gasteiger charge is 2.08. The smallest absolute Gasteiger partial charge is 0.255 e. The molecule has 0 fully saturated rings. The van der Waals surface area contributed by atoms with Crippen molar-refractivity contribution in [3.05, 3.63) is 50.9 Å². The van der Waals surface area contributed by atoms with E-state index < -0.39 is 0 Å². The number of aromatic amines is 1. The first-order valence-corrected chi connectivity index (χ1v) is 6.55. The highest BCUT2D eigenvalue weighted by Crippen LogP contribution is 2.17. The minimum Gasteiger partial charge on any atom is -0.396 e. The summed E-state index contributed by atoms with van der Waals surface area (Å²) in [5.41, 5.74) is 4.12. The molecule has 1 heterocycles. The molecule has 1 aromatic carbocycles. The first-order chi connectivity index (χ1) is 9.49. The van der Waals surface area contributed by atoms with Crippen LogP contribution in [-0.2, 0) is 6.42 Å². The third-order valence-electron chi connectivity index (χ3n) is 3.07. The number of nitrogens with one attached hydrogen (secondary N) is 2. The fraction of sp³-hybridized carbons (Fsp3) is 0.333. The lowest BCUT2D eigenvalue weighted by molar-refractivity contribution is 0.298. The second-order valence-electron chi connectivity index (χ2n) is 4.95. The van der Waals surface area contributed by atoms with Crippen LogP contribution in [0.1, 0.15) is 22.4 Å². The Hall–Kier alpha value is -2.14. The molecule has 0 saturated carbocycles. The number of benzene rings is 1. The van der Waals surface area contributed by atoms with E-state index in [-0.39, 0.29) is 12.2 Å². The predicted octanol–water partition coefficient (Wildman–Crippen LogP) is 1.97. The van der Waals surface area contributed by atoms with Crippen molar-refractivity contribution in [3.8, 4) is 0 Å². The van der Waals surface area contributed by atoms with Gasteiger partial charge in [-0.15, -0.1) is 0 Å². The van der Waals surface area contributed by atoms with Gasteiger partial charge in [0.25, 0.3) is 5.56 Å². The average Bonchev–Trinajstić information content (AvgIpc) is 2.32. The van der Waals surface area contributed by atoms with Crippen LogP contribution in [0.25, 0.3) is 0 Å². The van der Waals surface area contributed by atoms with Crippen LogP contribution in [-0.4, -0.2) is 21.7 Å². The third-order valence-corrected chi connectivity index (χ3v) is 3.07. The number of aromatic nitrogens is 2. The molecule has 2 rings (SSSR count). The summed E-state index contributed by atoms with van der Waals surface area (Å²) in [5, 5.41) is 12.0. The summed E-state index contributed by atoms with van der Waals surface area (Å²) in [6.07, 6.45) is 0.317.